The van der Waals surface area contributed by atoms with Crippen molar-refractivity contribution in [1.82, 2.24) is 9.80 Å². The first kappa shape index (κ1) is 24.7. The molecule has 188 valence electrons. The summed E-state index contributed by atoms with van der Waals surface area (Å²) < 4.78 is 22.0. The Labute approximate surface area is 206 Å². The molecule has 2 amide bonds. The quantitative estimate of drug-likeness (QED) is 0.619. The Morgan fingerprint density at radius 2 is 1.37 bits per heavy atom. The Balaban J connectivity index is 1.90. The number of amides is 2. The van der Waals surface area contributed by atoms with Crippen molar-refractivity contribution in [3.63, 3.8) is 0 Å². The first-order valence-corrected chi connectivity index (χ1v) is 12.0. The molecule has 0 unspecified atom stereocenters. The maximum atomic E-state index is 14.2. The lowest BCUT2D eigenvalue weighted by Gasteiger charge is -2.42. The summed E-state index contributed by atoms with van der Waals surface area (Å²) in [5, 5.41) is 0. The van der Waals surface area contributed by atoms with E-state index < -0.39 is 12.0 Å². The van der Waals surface area contributed by atoms with E-state index in [1.165, 1.54) is 7.11 Å². The third-order valence-corrected chi connectivity index (χ3v) is 7.11. The molecule has 1 fully saturated rings. The molecule has 0 N–H and O–H groups in total. The van der Waals surface area contributed by atoms with Crippen LogP contribution in [-0.2, 0) is 4.79 Å². The minimum Gasteiger partial charge on any atom is -0.493 e. The highest BCUT2D eigenvalue weighted by Crippen LogP contribution is 2.47. The van der Waals surface area contributed by atoms with Gasteiger partial charge < -0.3 is 28.7 Å². The van der Waals surface area contributed by atoms with Gasteiger partial charge in [-0.2, -0.15) is 0 Å². The number of hydrogen-bond acceptors (Lipinski definition) is 6. The molecule has 4 rings (SSSR count). The molecule has 8 heteroatoms. The van der Waals surface area contributed by atoms with Crippen LogP contribution in [0.2, 0.25) is 0 Å². The average Bonchev–Trinajstić information content (AvgIpc) is 3.18. The van der Waals surface area contributed by atoms with Gasteiger partial charge in [0.25, 0.3) is 5.91 Å². The number of hydrogen-bond donors (Lipinski definition) is 0. The van der Waals surface area contributed by atoms with Crippen LogP contribution >= 0.6 is 0 Å². The van der Waals surface area contributed by atoms with E-state index >= 15 is 0 Å². The first-order valence-electron chi connectivity index (χ1n) is 12.0. The topological polar surface area (TPSA) is 77.5 Å². The molecular formula is C27H34N2O6. The van der Waals surface area contributed by atoms with E-state index in [0.717, 1.165) is 31.2 Å². The van der Waals surface area contributed by atoms with E-state index in [1.807, 2.05) is 23.1 Å². The SMILES string of the molecule is COc1ccc([C@H]2[C@H](C(=O)N3CCCCCC3)c3cc(OC)c(OC)cc3C(=O)N2C)cc1OC. The second-order valence-corrected chi connectivity index (χ2v) is 8.99. The fraction of sp³-hybridized carbons (Fsp3) is 0.481. The highest BCUT2D eigenvalue weighted by molar-refractivity contribution is 6.02. The summed E-state index contributed by atoms with van der Waals surface area (Å²) in [6, 6.07) is 8.49. The van der Waals surface area contributed by atoms with Crippen LogP contribution in [0.1, 0.15) is 59.1 Å². The Bertz CT molecular complexity index is 1090. The van der Waals surface area contributed by atoms with Crippen molar-refractivity contribution in [1.29, 1.82) is 0 Å². The van der Waals surface area contributed by atoms with Gasteiger partial charge in [0.1, 0.15) is 0 Å². The molecule has 2 heterocycles. The molecule has 1 saturated heterocycles. The fourth-order valence-corrected chi connectivity index (χ4v) is 5.26. The van der Waals surface area contributed by atoms with Crippen molar-refractivity contribution in [2.45, 2.75) is 37.6 Å². The number of fused-ring (bicyclic) bond motifs is 1. The van der Waals surface area contributed by atoms with Crippen molar-refractivity contribution in [3.8, 4) is 23.0 Å². The summed E-state index contributed by atoms with van der Waals surface area (Å²) >= 11 is 0. The third-order valence-electron chi connectivity index (χ3n) is 7.11. The van der Waals surface area contributed by atoms with Crippen LogP contribution in [0.4, 0.5) is 0 Å². The Morgan fingerprint density at radius 1 is 0.800 bits per heavy atom. The molecule has 8 nitrogen and oxygen atoms in total. The number of ether oxygens (including phenoxy) is 4. The number of carbonyl (C=O) groups excluding carboxylic acids is 2. The minimum absolute atomic E-state index is 0.0134. The first-order chi connectivity index (χ1) is 16.9. The number of nitrogens with zero attached hydrogens (tertiary/aromatic N) is 2. The van der Waals surface area contributed by atoms with E-state index in [0.29, 0.717) is 47.2 Å². The lowest BCUT2D eigenvalue weighted by atomic mass is 9.78. The van der Waals surface area contributed by atoms with Gasteiger partial charge in [0.15, 0.2) is 23.0 Å². The van der Waals surface area contributed by atoms with Gasteiger partial charge in [-0.15, -0.1) is 0 Å². The molecule has 2 aliphatic heterocycles. The van der Waals surface area contributed by atoms with Crippen molar-refractivity contribution < 1.29 is 28.5 Å². The Hall–Kier alpha value is -3.42. The van der Waals surface area contributed by atoms with E-state index in [4.69, 9.17) is 18.9 Å². The molecule has 0 spiro atoms. The Morgan fingerprint density at radius 3 is 1.97 bits per heavy atom. The molecule has 0 saturated carbocycles. The van der Waals surface area contributed by atoms with Gasteiger partial charge in [0, 0.05) is 25.7 Å². The Kier molecular flexibility index (Phi) is 7.38. The lowest BCUT2D eigenvalue weighted by molar-refractivity contribution is -0.134. The summed E-state index contributed by atoms with van der Waals surface area (Å²) in [7, 11) is 7.98. The number of likely N-dealkylation sites (N-methyl/N-ethyl adjacent to an activating group) is 1. The normalized spacial score (nSPS) is 20.1. The van der Waals surface area contributed by atoms with Crippen LogP contribution in [0.5, 0.6) is 23.0 Å². The van der Waals surface area contributed by atoms with Crippen LogP contribution < -0.4 is 18.9 Å². The molecule has 0 radical (unpaired) electrons. The predicted molar refractivity (Wildman–Crippen MR) is 132 cm³/mol. The van der Waals surface area contributed by atoms with Gasteiger partial charge in [-0.25, -0.2) is 0 Å². The summed E-state index contributed by atoms with van der Waals surface area (Å²) in [6.07, 6.45) is 4.20. The number of methoxy groups -OCH3 is 4. The highest BCUT2D eigenvalue weighted by atomic mass is 16.5. The highest BCUT2D eigenvalue weighted by Gasteiger charge is 2.45. The van der Waals surface area contributed by atoms with Crippen molar-refractivity contribution in [3.05, 3.63) is 47.0 Å². The molecule has 2 atom stereocenters. The minimum atomic E-state index is -0.608. The lowest BCUT2D eigenvalue weighted by Crippen LogP contribution is -2.47. The molecule has 0 aromatic heterocycles. The van der Waals surface area contributed by atoms with Gasteiger partial charge in [-0.1, -0.05) is 18.9 Å². The monoisotopic (exact) mass is 482 g/mol. The van der Waals surface area contributed by atoms with Gasteiger partial charge in [-0.05, 0) is 48.2 Å². The third kappa shape index (κ3) is 4.49. The molecule has 2 aliphatic rings. The largest absolute Gasteiger partial charge is 0.493 e. The average molecular weight is 483 g/mol. The smallest absolute Gasteiger partial charge is 0.254 e. The van der Waals surface area contributed by atoms with Crippen LogP contribution in [0.3, 0.4) is 0 Å². The maximum Gasteiger partial charge on any atom is 0.254 e. The van der Waals surface area contributed by atoms with Gasteiger partial charge >= 0.3 is 0 Å². The second kappa shape index (κ2) is 10.5. The number of rotatable bonds is 6. The van der Waals surface area contributed by atoms with E-state index in [-0.39, 0.29) is 11.8 Å². The maximum absolute atomic E-state index is 14.2. The van der Waals surface area contributed by atoms with Crippen molar-refractivity contribution in [2.24, 2.45) is 0 Å². The van der Waals surface area contributed by atoms with Crippen LogP contribution in [0.25, 0.3) is 0 Å². The van der Waals surface area contributed by atoms with Gasteiger partial charge in [-0.3, -0.25) is 9.59 Å². The van der Waals surface area contributed by atoms with Crippen LogP contribution in [0, 0.1) is 0 Å². The standard InChI is InChI=1S/C27H34N2O6/c1-28-25(17-10-11-20(32-2)21(14-17)33-3)24(27(31)29-12-8-6-7-9-13-29)18-15-22(34-4)23(35-5)16-19(18)26(28)30/h10-11,14-16,24-25H,6-9,12-13H2,1-5H3/t24-,25+/m1/s1. The zero-order chi connectivity index (χ0) is 25.1. The van der Waals surface area contributed by atoms with Gasteiger partial charge in [0.2, 0.25) is 5.91 Å². The zero-order valence-electron chi connectivity index (χ0n) is 21.1. The van der Waals surface area contributed by atoms with E-state index in [1.54, 1.807) is 45.4 Å². The number of carbonyl (C=O) groups is 2. The molecule has 0 aliphatic carbocycles. The number of likely N-dealkylation sites (tertiary alicyclic amines) is 1. The second-order valence-electron chi connectivity index (χ2n) is 8.99. The van der Waals surface area contributed by atoms with E-state index in [9.17, 15) is 9.59 Å². The molecule has 0 bridgehead atoms. The summed E-state index contributed by atoms with van der Waals surface area (Å²) in [5.41, 5.74) is 1.90. The zero-order valence-corrected chi connectivity index (χ0v) is 21.1. The van der Waals surface area contributed by atoms with E-state index in [2.05, 4.69) is 0 Å². The molecule has 2 aromatic carbocycles. The summed E-state index contributed by atoms with van der Waals surface area (Å²) in [4.78, 5) is 31.4. The molecule has 2 aromatic rings. The number of benzene rings is 2. The van der Waals surface area contributed by atoms with Crippen LogP contribution in [-0.4, -0.2) is 70.2 Å². The molecular weight excluding hydrogens is 448 g/mol. The van der Waals surface area contributed by atoms with Crippen LogP contribution in [0.15, 0.2) is 30.3 Å². The van der Waals surface area contributed by atoms with Crippen molar-refractivity contribution >= 4 is 11.8 Å². The summed E-state index contributed by atoms with van der Waals surface area (Å²) in [6.45, 7) is 1.43. The van der Waals surface area contributed by atoms with Gasteiger partial charge in [0.05, 0.1) is 40.4 Å². The van der Waals surface area contributed by atoms with Crippen molar-refractivity contribution in [2.75, 3.05) is 48.6 Å². The summed E-state index contributed by atoms with van der Waals surface area (Å²) in [5.74, 6) is 1.30. The fourth-order valence-electron chi connectivity index (χ4n) is 5.26. The molecule has 35 heavy (non-hydrogen) atoms. The predicted octanol–water partition coefficient (Wildman–Crippen LogP) is 4.03.